The van der Waals surface area contributed by atoms with E-state index in [0.29, 0.717) is 11.5 Å². The van der Waals surface area contributed by atoms with Crippen LogP contribution in [0.2, 0.25) is 0 Å². The third kappa shape index (κ3) is 5.17. The monoisotopic (exact) mass is 435 g/mol. The van der Waals surface area contributed by atoms with Crippen molar-refractivity contribution < 1.29 is 32.2 Å². The minimum atomic E-state index is -3.75. The molecule has 0 bridgehead atoms. The molecule has 8 nitrogen and oxygen atoms in total. The van der Waals surface area contributed by atoms with Gasteiger partial charge in [0, 0.05) is 18.7 Å². The fourth-order valence-corrected chi connectivity index (χ4v) is 3.95. The van der Waals surface area contributed by atoms with Crippen LogP contribution in [-0.2, 0) is 14.8 Å². The van der Waals surface area contributed by atoms with Crippen LogP contribution >= 0.6 is 0 Å². The van der Waals surface area contributed by atoms with Crippen molar-refractivity contribution in [3.63, 3.8) is 0 Å². The molecule has 0 saturated heterocycles. The Morgan fingerprint density at radius 1 is 0.967 bits per heavy atom. The molecule has 0 aliphatic carbocycles. The summed E-state index contributed by atoms with van der Waals surface area (Å²) in [5.41, 5.74) is 0.323. The Kier molecular flexibility index (Phi) is 7.58. The van der Waals surface area contributed by atoms with E-state index in [9.17, 15) is 18.0 Å². The van der Waals surface area contributed by atoms with E-state index >= 15 is 0 Å². The minimum absolute atomic E-state index is 0.0284. The maximum Gasteiger partial charge on any atom is 0.338 e. The molecular formula is C21H25NO7S. The molecule has 0 aliphatic heterocycles. The summed E-state index contributed by atoms with van der Waals surface area (Å²) in [5, 5.41) is 0. The third-order valence-electron chi connectivity index (χ3n) is 4.51. The van der Waals surface area contributed by atoms with E-state index in [1.165, 1.54) is 62.0 Å². The molecule has 2 aromatic carbocycles. The van der Waals surface area contributed by atoms with Crippen LogP contribution in [-0.4, -0.2) is 58.4 Å². The van der Waals surface area contributed by atoms with Gasteiger partial charge in [-0.25, -0.2) is 13.2 Å². The number of ketones is 1. The van der Waals surface area contributed by atoms with Crippen LogP contribution in [0, 0.1) is 0 Å². The van der Waals surface area contributed by atoms with Crippen molar-refractivity contribution in [1.29, 1.82) is 0 Å². The van der Waals surface area contributed by atoms with Crippen molar-refractivity contribution in [3.8, 4) is 11.5 Å². The van der Waals surface area contributed by atoms with E-state index in [4.69, 9.17) is 14.2 Å². The van der Waals surface area contributed by atoms with Gasteiger partial charge in [-0.1, -0.05) is 6.07 Å². The molecule has 0 N–H and O–H groups in total. The summed E-state index contributed by atoms with van der Waals surface area (Å²) < 4.78 is 41.8. The zero-order valence-corrected chi connectivity index (χ0v) is 18.4. The molecule has 9 heteroatoms. The Morgan fingerprint density at radius 2 is 1.63 bits per heavy atom. The number of benzene rings is 2. The lowest BCUT2D eigenvalue weighted by molar-refractivity contribution is 0.0474. The molecule has 0 atom stereocenters. The highest BCUT2D eigenvalue weighted by molar-refractivity contribution is 7.89. The van der Waals surface area contributed by atoms with Crippen LogP contribution in [0.4, 0.5) is 0 Å². The number of Topliss-reactive ketones (excluding diaryl/α,β-unsaturated/α-hetero) is 1. The van der Waals surface area contributed by atoms with Crippen molar-refractivity contribution in [2.45, 2.75) is 24.8 Å². The molecule has 162 valence electrons. The molecule has 0 fully saturated rings. The summed E-state index contributed by atoms with van der Waals surface area (Å²) in [6.07, 6.45) is 0. The lowest BCUT2D eigenvalue weighted by Crippen LogP contribution is -2.33. The number of carbonyl (C=O) groups is 2. The predicted molar refractivity (Wildman–Crippen MR) is 111 cm³/mol. The number of hydrogen-bond acceptors (Lipinski definition) is 7. The first-order valence-corrected chi connectivity index (χ1v) is 10.6. The first-order chi connectivity index (χ1) is 14.1. The highest BCUT2D eigenvalue weighted by Gasteiger charge is 2.24. The first-order valence-electron chi connectivity index (χ1n) is 9.12. The number of carbonyl (C=O) groups excluding carboxylic acids is 2. The van der Waals surface area contributed by atoms with Crippen LogP contribution in [0.25, 0.3) is 0 Å². The standard InChI is InChI=1S/C21H25NO7S/c1-14(2)22(3)30(25,26)17-8-6-7-16(11-17)21(24)29-13-18(23)15-9-10-19(27-4)20(12-15)28-5/h6-12,14H,13H2,1-5H3. The number of rotatable bonds is 9. The number of ether oxygens (including phenoxy) is 3. The Bertz CT molecular complexity index is 1030. The van der Waals surface area contributed by atoms with Gasteiger partial charge in [0.25, 0.3) is 0 Å². The highest BCUT2D eigenvalue weighted by atomic mass is 32.2. The predicted octanol–water partition coefficient (Wildman–Crippen LogP) is 2.77. The van der Waals surface area contributed by atoms with Gasteiger partial charge >= 0.3 is 5.97 Å². The highest BCUT2D eigenvalue weighted by Crippen LogP contribution is 2.27. The molecule has 0 amide bonds. The van der Waals surface area contributed by atoms with Crippen LogP contribution < -0.4 is 9.47 Å². The van der Waals surface area contributed by atoms with Crippen molar-refractivity contribution in [3.05, 3.63) is 53.6 Å². The van der Waals surface area contributed by atoms with Gasteiger partial charge in [0.1, 0.15) is 0 Å². The zero-order chi connectivity index (χ0) is 22.5. The molecule has 0 heterocycles. The van der Waals surface area contributed by atoms with Gasteiger partial charge < -0.3 is 14.2 Å². The second kappa shape index (κ2) is 9.73. The van der Waals surface area contributed by atoms with E-state index in [-0.39, 0.29) is 22.1 Å². The summed E-state index contributed by atoms with van der Waals surface area (Å²) in [7, 11) is 0.644. The number of methoxy groups -OCH3 is 2. The molecule has 0 aromatic heterocycles. The van der Waals surface area contributed by atoms with Crippen LogP contribution in [0.15, 0.2) is 47.4 Å². The molecule has 0 spiro atoms. The van der Waals surface area contributed by atoms with E-state index in [1.807, 2.05) is 0 Å². The molecule has 30 heavy (non-hydrogen) atoms. The van der Waals surface area contributed by atoms with E-state index in [2.05, 4.69) is 0 Å². The van der Waals surface area contributed by atoms with Gasteiger partial charge in [-0.15, -0.1) is 0 Å². The molecule has 0 aliphatic rings. The lowest BCUT2D eigenvalue weighted by Gasteiger charge is -2.21. The second-order valence-electron chi connectivity index (χ2n) is 6.71. The summed E-state index contributed by atoms with van der Waals surface area (Å²) in [6.45, 7) is 2.99. The molecule has 0 saturated carbocycles. The SMILES string of the molecule is COc1ccc(C(=O)COC(=O)c2cccc(S(=O)(=O)N(C)C(C)C)c2)cc1OC. The number of esters is 1. The van der Waals surface area contributed by atoms with Crippen LogP contribution in [0.5, 0.6) is 11.5 Å². The van der Waals surface area contributed by atoms with Gasteiger partial charge in [0.15, 0.2) is 23.9 Å². The van der Waals surface area contributed by atoms with Crippen molar-refractivity contribution in [2.24, 2.45) is 0 Å². The Labute approximate surface area is 176 Å². The van der Waals surface area contributed by atoms with Crippen LogP contribution in [0.3, 0.4) is 0 Å². The fourth-order valence-electron chi connectivity index (χ4n) is 2.53. The number of hydrogen-bond donors (Lipinski definition) is 0. The second-order valence-corrected chi connectivity index (χ2v) is 8.71. The maximum absolute atomic E-state index is 12.6. The zero-order valence-electron chi connectivity index (χ0n) is 17.5. The molecule has 0 unspecified atom stereocenters. The Hall–Kier alpha value is -2.91. The Balaban J connectivity index is 2.13. The summed E-state index contributed by atoms with van der Waals surface area (Å²) >= 11 is 0. The third-order valence-corrected chi connectivity index (χ3v) is 6.54. The van der Waals surface area contributed by atoms with Gasteiger partial charge in [-0.05, 0) is 50.2 Å². The van der Waals surface area contributed by atoms with Crippen molar-refractivity contribution in [1.82, 2.24) is 4.31 Å². The summed E-state index contributed by atoms with van der Waals surface area (Å²) in [4.78, 5) is 24.7. The average Bonchev–Trinajstić information content (AvgIpc) is 2.75. The number of sulfonamides is 1. The largest absolute Gasteiger partial charge is 0.493 e. The van der Waals surface area contributed by atoms with Gasteiger partial charge in [-0.3, -0.25) is 4.79 Å². The van der Waals surface area contributed by atoms with E-state index in [1.54, 1.807) is 19.9 Å². The van der Waals surface area contributed by atoms with Crippen molar-refractivity contribution in [2.75, 3.05) is 27.9 Å². The molecule has 0 radical (unpaired) electrons. The van der Waals surface area contributed by atoms with Gasteiger partial charge in [0.2, 0.25) is 10.0 Å². The first kappa shape index (κ1) is 23.4. The number of nitrogens with zero attached hydrogens (tertiary/aromatic N) is 1. The van der Waals surface area contributed by atoms with Crippen molar-refractivity contribution >= 4 is 21.8 Å². The lowest BCUT2D eigenvalue weighted by atomic mass is 10.1. The van der Waals surface area contributed by atoms with E-state index in [0.717, 1.165) is 0 Å². The topological polar surface area (TPSA) is 99.2 Å². The Morgan fingerprint density at radius 3 is 2.23 bits per heavy atom. The normalized spacial score (nSPS) is 11.4. The minimum Gasteiger partial charge on any atom is -0.493 e. The fraction of sp³-hybridized carbons (Fsp3) is 0.333. The molecular weight excluding hydrogens is 410 g/mol. The summed E-state index contributed by atoms with van der Waals surface area (Å²) in [6, 6.07) is 9.87. The van der Waals surface area contributed by atoms with Crippen LogP contribution in [0.1, 0.15) is 34.6 Å². The van der Waals surface area contributed by atoms with Gasteiger partial charge in [0.05, 0.1) is 24.7 Å². The average molecular weight is 435 g/mol. The summed E-state index contributed by atoms with van der Waals surface area (Å²) in [5.74, 6) is -0.391. The maximum atomic E-state index is 12.6. The smallest absolute Gasteiger partial charge is 0.338 e. The van der Waals surface area contributed by atoms with Gasteiger partial charge in [-0.2, -0.15) is 4.31 Å². The molecule has 2 rings (SSSR count). The molecule has 2 aromatic rings. The van der Waals surface area contributed by atoms with E-state index < -0.39 is 28.4 Å². The quantitative estimate of drug-likeness (QED) is 0.441.